The predicted octanol–water partition coefficient (Wildman–Crippen LogP) is 2.39. The summed E-state index contributed by atoms with van der Waals surface area (Å²) >= 11 is 0. The second-order valence-electron chi connectivity index (χ2n) is 9.69. The number of sulfone groups is 1. The van der Waals surface area contributed by atoms with E-state index in [1.165, 1.54) is 6.92 Å². The van der Waals surface area contributed by atoms with Crippen molar-refractivity contribution in [2.24, 2.45) is 11.8 Å². The van der Waals surface area contributed by atoms with Crippen LogP contribution in [0.1, 0.15) is 44.6 Å². The van der Waals surface area contributed by atoms with E-state index < -0.39 is 26.8 Å². The molecule has 1 amide bonds. The second kappa shape index (κ2) is 11.1. The number of amides is 1. The largest absolute Gasteiger partial charge is 0.396 e. The van der Waals surface area contributed by atoms with Crippen molar-refractivity contribution in [2.75, 3.05) is 19.5 Å². The molecule has 2 aliphatic rings. The standard InChI is InChI=1S/C27H32N2O6S/c1-27(36(2,32)33,26(31)28-35-25-9-5-6-16-34-25)13-15-29-14-12-22-17-20(10-11-24(22)29)7-3-4-8-21-18-23(21)19-30/h10-12,14,17,21,23,25,30H,5-6,9,13,15-16,18-19H2,1-2H3,(H,28,31)/t21-,23+,25?,27+/m0/s1. The molecule has 9 heteroatoms. The van der Waals surface area contributed by atoms with Gasteiger partial charge in [0.1, 0.15) is 0 Å². The van der Waals surface area contributed by atoms with Crippen molar-refractivity contribution in [3.8, 4) is 23.7 Å². The number of nitrogens with zero attached hydrogens (tertiary/aromatic N) is 1. The Bertz CT molecular complexity index is 1340. The Morgan fingerprint density at radius 3 is 2.83 bits per heavy atom. The number of ether oxygens (including phenoxy) is 1. The number of rotatable bonds is 8. The molecule has 2 fully saturated rings. The summed E-state index contributed by atoms with van der Waals surface area (Å²) in [6.45, 7) is 2.48. The number of aromatic nitrogens is 1. The van der Waals surface area contributed by atoms with Gasteiger partial charge in [-0.3, -0.25) is 4.79 Å². The van der Waals surface area contributed by atoms with Crippen molar-refractivity contribution in [3.63, 3.8) is 0 Å². The van der Waals surface area contributed by atoms with Crippen LogP contribution < -0.4 is 5.48 Å². The molecule has 1 unspecified atom stereocenters. The topological polar surface area (TPSA) is 107 Å². The molecular formula is C27H32N2O6S. The number of carbonyl (C=O) groups is 1. The maximum absolute atomic E-state index is 12.9. The smallest absolute Gasteiger partial charge is 0.264 e. The Balaban J connectivity index is 1.41. The number of aliphatic hydroxyl groups excluding tert-OH is 1. The van der Waals surface area contributed by atoms with Crippen molar-refractivity contribution < 1.29 is 27.9 Å². The van der Waals surface area contributed by atoms with Crippen LogP contribution in [0, 0.1) is 35.5 Å². The number of benzene rings is 1. The molecule has 2 aromatic rings. The summed E-state index contributed by atoms with van der Waals surface area (Å²) in [6, 6.07) is 7.71. The summed E-state index contributed by atoms with van der Waals surface area (Å²) in [6.07, 6.45) is 5.90. The van der Waals surface area contributed by atoms with Crippen LogP contribution in [0.5, 0.6) is 0 Å². The van der Waals surface area contributed by atoms with Crippen LogP contribution in [0.25, 0.3) is 10.9 Å². The number of hydrogen-bond acceptors (Lipinski definition) is 6. The molecule has 1 saturated heterocycles. The molecule has 36 heavy (non-hydrogen) atoms. The number of hydroxylamine groups is 1. The monoisotopic (exact) mass is 512 g/mol. The zero-order valence-electron chi connectivity index (χ0n) is 20.6. The van der Waals surface area contributed by atoms with E-state index in [4.69, 9.17) is 14.7 Å². The van der Waals surface area contributed by atoms with Crippen molar-refractivity contribution >= 4 is 26.6 Å². The maximum atomic E-state index is 12.9. The molecular weight excluding hydrogens is 480 g/mol. The van der Waals surface area contributed by atoms with Gasteiger partial charge in [-0.05, 0) is 74.6 Å². The van der Waals surface area contributed by atoms with Crippen molar-refractivity contribution in [1.29, 1.82) is 0 Å². The van der Waals surface area contributed by atoms with Gasteiger partial charge in [0.25, 0.3) is 5.91 Å². The van der Waals surface area contributed by atoms with Crippen LogP contribution in [-0.4, -0.2) is 54.5 Å². The van der Waals surface area contributed by atoms with Gasteiger partial charge in [-0.25, -0.2) is 18.7 Å². The zero-order chi connectivity index (χ0) is 25.8. The first-order valence-electron chi connectivity index (χ1n) is 12.2. The molecule has 1 saturated carbocycles. The van der Waals surface area contributed by atoms with Crippen LogP contribution >= 0.6 is 0 Å². The average molecular weight is 513 g/mol. The van der Waals surface area contributed by atoms with Gasteiger partial charge in [0.2, 0.25) is 0 Å². The van der Waals surface area contributed by atoms with Crippen LogP contribution in [-0.2, 0) is 30.8 Å². The fourth-order valence-electron chi connectivity index (χ4n) is 4.16. The number of hydrogen-bond donors (Lipinski definition) is 2. The van der Waals surface area contributed by atoms with E-state index in [2.05, 4.69) is 29.2 Å². The van der Waals surface area contributed by atoms with Gasteiger partial charge in [0.15, 0.2) is 20.9 Å². The lowest BCUT2D eigenvalue weighted by molar-refractivity contribution is -0.201. The van der Waals surface area contributed by atoms with Gasteiger partial charge >= 0.3 is 0 Å². The third kappa shape index (κ3) is 6.11. The van der Waals surface area contributed by atoms with Gasteiger partial charge in [-0.15, -0.1) is 0 Å². The molecule has 0 radical (unpaired) electrons. The molecule has 1 aliphatic heterocycles. The number of fused-ring (bicyclic) bond motifs is 1. The van der Waals surface area contributed by atoms with Crippen molar-refractivity contribution in [2.45, 2.75) is 56.6 Å². The Morgan fingerprint density at radius 2 is 2.14 bits per heavy atom. The van der Waals surface area contributed by atoms with Gasteiger partial charge in [0, 0.05) is 61.0 Å². The van der Waals surface area contributed by atoms with Gasteiger partial charge in [-0.1, -0.05) is 11.8 Å². The van der Waals surface area contributed by atoms with Crippen LogP contribution in [0.4, 0.5) is 0 Å². The van der Waals surface area contributed by atoms with E-state index in [1.54, 1.807) is 0 Å². The zero-order valence-corrected chi connectivity index (χ0v) is 21.4. The highest BCUT2D eigenvalue weighted by molar-refractivity contribution is 7.92. The van der Waals surface area contributed by atoms with Gasteiger partial charge in [0.05, 0.1) is 0 Å². The highest BCUT2D eigenvalue weighted by Crippen LogP contribution is 2.36. The minimum Gasteiger partial charge on any atom is -0.396 e. The summed E-state index contributed by atoms with van der Waals surface area (Å²) in [7, 11) is -3.74. The Kier molecular flexibility index (Phi) is 8.07. The Hall–Kier alpha value is -2.82. The molecule has 1 aromatic carbocycles. The van der Waals surface area contributed by atoms with E-state index in [9.17, 15) is 13.2 Å². The van der Waals surface area contributed by atoms with E-state index in [1.807, 2.05) is 35.0 Å². The normalized spacial score (nSPS) is 23.0. The molecule has 2 N–H and O–H groups in total. The second-order valence-corrected chi connectivity index (χ2v) is 12.1. The van der Waals surface area contributed by atoms with Gasteiger partial charge in [-0.2, -0.15) is 0 Å². The number of aliphatic hydroxyl groups is 1. The summed E-state index contributed by atoms with van der Waals surface area (Å²) < 4.78 is 30.9. The fourth-order valence-corrected chi connectivity index (χ4v) is 5.00. The molecule has 4 rings (SSSR count). The van der Waals surface area contributed by atoms with E-state index >= 15 is 0 Å². The van der Waals surface area contributed by atoms with Crippen molar-refractivity contribution in [1.82, 2.24) is 10.0 Å². The van der Waals surface area contributed by atoms with Crippen LogP contribution in [0.15, 0.2) is 30.5 Å². The molecule has 1 aromatic heterocycles. The third-order valence-corrected chi connectivity index (χ3v) is 9.03. The first-order chi connectivity index (χ1) is 17.2. The summed E-state index contributed by atoms with van der Waals surface area (Å²) in [5.74, 6) is 11.7. The minimum absolute atomic E-state index is 0.0729. The van der Waals surface area contributed by atoms with E-state index in [0.29, 0.717) is 25.5 Å². The lowest BCUT2D eigenvalue weighted by atomic mass is 10.1. The lowest BCUT2D eigenvalue weighted by Gasteiger charge is -2.28. The number of aryl methyl sites for hydroxylation is 1. The fraction of sp³-hybridized carbons (Fsp3) is 0.519. The molecule has 1 aliphatic carbocycles. The van der Waals surface area contributed by atoms with Gasteiger partial charge < -0.3 is 14.4 Å². The Morgan fingerprint density at radius 1 is 1.31 bits per heavy atom. The first-order valence-corrected chi connectivity index (χ1v) is 14.1. The van der Waals surface area contributed by atoms with Crippen molar-refractivity contribution in [3.05, 3.63) is 36.0 Å². The highest BCUT2D eigenvalue weighted by atomic mass is 32.2. The van der Waals surface area contributed by atoms with Crippen LogP contribution in [0.2, 0.25) is 0 Å². The summed E-state index contributed by atoms with van der Waals surface area (Å²) in [4.78, 5) is 18.3. The first kappa shape index (κ1) is 26.2. The van der Waals surface area contributed by atoms with E-state index in [-0.39, 0.29) is 18.9 Å². The lowest BCUT2D eigenvalue weighted by Crippen LogP contribution is -2.51. The third-order valence-electron chi connectivity index (χ3n) is 7.00. The summed E-state index contributed by atoms with van der Waals surface area (Å²) in [5.41, 5.74) is 4.06. The minimum atomic E-state index is -3.74. The molecule has 0 spiro atoms. The number of carbonyl (C=O) groups excluding carboxylic acids is 1. The molecule has 8 nitrogen and oxygen atoms in total. The quantitative estimate of drug-likeness (QED) is 0.416. The van der Waals surface area contributed by atoms with E-state index in [0.717, 1.165) is 42.0 Å². The van der Waals surface area contributed by atoms with Crippen LogP contribution in [0.3, 0.4) is 0 Å². The molecule has 2 heterocycles. The Labute approximate surface area is 212 Å². The predicted molar refractivity (Wildman–Crippen MR) is 136 cm³/mol. The highest BCUT2D eigenvalue weighted by Gasteiger charge is 2.44. The molecule has 192 valence electrons. The SMILES string of the molecule is C[C@@](CCn1ccc2cc(C#CC#C[C@H]3C[C@@H]3CO)ccc21)(C(=O)NOC1CCCCO1)S(C)(=O)=O. The maximum Gasteiger partial charge on any atom is 0.264 e. The average Bonchev–Trinajstić information content (AvgIpc) is 3.52. The molecule has 0 bridgehead atoms. The molecule has 4 atom stereocenters. The number of nitrogens with one attached hydrogen (secondary N) is 1. The summed E-state index contributed by atoms with van der Waals surface area (Å²) in [5, 5.41) is 10.0.